The molecule has 1 atom stereocenters. The van der Waals surface area contributed by atoms with Gasteiger partial charge in [0.25, 0.3) is 0 Å². The molecule has 0 aliphatic carbocycles. The third kappa shape index (κ3) is 4.22. The zero-order valence-corrected chi connectivity index (χ0v) is 11.3. The summed E-state index contributed by atoms with van der Waals surface area (Å²) in [4.78, 5) is 0. The molecule has 1 nitrogen and oxygen atoms in total. The van der Waals surface area contributed by atoms with Crippen molar-refractivity contribution in [1.82, 2.24) is 0 Å². The van der Waals surface area contributed by atoms with Gasteiger partial charge in [-0.1, -0.05) is 29.8 Å². The van der Waals surface area contributed by atoms with Crippen LogP contribution in [0.25, 0.3) is 0 Å². The van der Waals surface area contributed by atoms with E-state index < -0.39 is 0 Å². The quantitative estimate of drug-likeness (QED) is 0.870. The molecule has 1 aromatic carbocycles. The molecule has 0 fully saturated rings. The van der Waals surface area contributed by atoms with E-state index in [9.17, 15) is 9.50 Å². The lowest BCUT2D eigenvalue weighted by Crippen LogP contribution is -2.14. The molecule has 0 radical (unpaired) electrons. The molecule has 16 heavy (non-hydrogen) atoms. The molecule has 0 saturated heterocycles. The van der Waals surface area contributed by atoms with Crippen LogP contribution in [0, 0.1) is 11.7 Å². The van der Waals surface area contributed by atoms with Crippen molar-refractivity contribution in [3.63, 3.8) is 0 Å². The fourth-order valence-electron chi connectivity index (χ4n) is 1.57. The summed E-state index contributed by atoms with van der Waals surface area (Å²) >= 11 is 3.40. The molecular formula is C13H18BrFO. The minimum Gasteiger partial charge on any atom is -0.393 e. The number of benzene rings is 1. The molecule has 1 rings (SSSR count). The normalized spacial score (nSPS) is 13.1. The lowest BCUT2D eigenvalue weighted by Gasteiger charge is -2.14. The number of aliphatic hydroxyl groups excluding tert-OH is 1. The molecule has 1 aromatic rings. The van der Waals surface area contributed by atoms with Crippen LogP contribution in [0.4, 0.5) is 4.39 Å². The van der Waals surface area contributed by atoms with E-state index >= 15 is 0 Å². The van der Waals surface area contributed by atoms with Crippen LogP contribution in [0.2, 0.25) is 0 Å². The highest BCUT2D eigenvalue weighted by atomic mass is 79.9. The SMILES string of the molecule is CC(C)C(O)CCCc1cc(F)ccc1Br. The van der Waals surface area contributed by atoms with Gasteiger partial charge in [-0.05, 0) is 48.9 Å². The van der Waals surface area contributed by atoms with E-state index in [-0.39, 0.29) is 17.8 Å². The predicted molar refractivity (Wildman–Crippen MR) is 67.9 cm³/mol. The zero-order chi connectivity index (χ0) is 12.1. The summed E-state index contributed by atoms with van der Waals surface area (Å²) in [5, 5.41) is 9.64. The van der Waals surface area contributed by atoms with Gasteiger partial charge in [-0.3, -0.25) is 0 Å². The van der Waals surface area contributed by atoms with Crippen LogP contribution >= 0.6 is 15.9 Å². The maximum atomic E-state index is 13.0. The Morgan fingerprint density at radius 2 is 2.06 bits per heavy atom. The number of hydrogen-bond donors (Lipinski definition) is 1. The predicted octanol–water partition coefficient (Wildman–Crippen LogP) is 3.93. The van der Waals surface area contributed by atoms with Crippen molar-refractivity contribution in [2.45, 2.75) is 39.2 Å². The first-order valence-electron chi connectivity index (χ1n) is 5.62. The molecule has 0 aliphatic rings. The average Bonchev–Trinajstić information content (AvgIpc) is 2.22. The molecule has 0 saturated carbocycles. The summed E-state index contributed by atoms with van der Waals surface area (Å²) in [6.45, 7) is 4.01. The lowest BCUT2D eigenvalue weighted by molar-refractivity contribution is 0.114. The van der Waals surface area contributed by atoms with E-state index in [4.69, 9.17) is 0 Å². The summed E-state index contributed by atoms with van der Waals surface area (Å²) in [5.41, 5.74) is 0.968. The number of hydrogen-bond acceptors (Lipinski definition) is 1. The van der Waals surface area contributed by atoms with E-state index in [0.717, 1.165) is 29.3 Å². The molecule has 1 N–H and O–H groups in total. The Morgan fingerprint density at radius 1 is 1.38 bits per heavy atom. The number of aryl methyl sites for hydroxylation is 1. The second-order valence-electron chi connectivity index (χ2n) is 4.44. The van der Waals surface area contributed by atoms with E-state index in [2.05, 4.69) is 15.9 Å². The Morgan fingerprint density at radius 3 is 2.69 bits per heavy atom. The molecule has 0 spiro atoms. The van der Waals surface area contributed by atoms with Gasteiger partial charge in [0, 0.05) is 4.47 Å². The fourth-order valence-corrected chi connectivity index (χ4v) is 2.01. The number of aliphatic hydroxyl groups is 1. The average molecular weight is 289 g/mol. The first-order valence-corrected chi connectivity index (χ1v) is 6.42. The minimum absolute atomic E-state index is 0.206. The van der Waals surface area contributed by atoms with E-state index in [1.807, 2.05) is 13.8 Å². The lowest BCUT2D eigenvalue weighted by atomic mass is 9.99. The van der Waals surface area contributed by atoms with Gasteiger partial charge in [-0.15, -0.1) is 0 Å². The smallest absolute Gasteiger partial charge is 0.123 e. The summed E-state index contributed by atoms with van der Waals surface area (Å²) in [5.74, 6) is 0.0820. The van der Waals surface area contributed by atoms with Crippen LogP contribution in [0.5, 0.6) is 0 Å². The first kappa shape index (κ1) is 13.7. The third-order valence-electron chi connectivity index (χ3n) is 2.72. The molecule has 90 valence electrons. The van der Waals surface area contributed by atoms with Crippen molar-refractivity contribution in [3.05, 3.63) is 34.1 Å². The maximum Gasteiger partial charge on any atom is 0.123 e. The van der Waals surface area contributed by atoms with Crippen LogP contribution in [-0.2, 0) is 6.42 Å². The van der Waals surface area contributed by atoms with Crippen LogP contribution in [-0.4, -0.2) is 11.2 Å². The van der Waals surface area contributed by atoms with Crippen LogP contribution in [0.15, 0.2) is 22.7 Å². The summed E-state index contributed by atoms with van der Waals surface area (Å²) in [7, 11) is 0. The summed E-state index contributed by atoms with van der Waals surface area (Å²) in [6, 6.07) is 4.71. The van der Waals surface area contributed by atoms with Crippen LogP contribution in [0.1, 0.15) is 32.3 Å². The highest BCUT2D eigenvalue weighted by Gasteiger charge is 2.09. The first-order chi connectivity index (χ1) is 7.50. The van der Waals surface area contributed by atoms with Gasteiger partial charge in [-0.25, -0.2) is 4.39 Å². The third-order valence-corrected chi connectivity index (χ3v) is 3.50. The summed E-state index contributed by atoms with van der Waals surface area (Å²) in [6.07, 6.45) is 2.18. The molecule has 1 unspecified atom stereocenters. The largest absolute Gasteiger partial charge is 0.393 e. The topological polar surface area (TPSA) is 20.2 Å². The zero-order valence-electron chi connectivity index (χ0n) is 9.71. The van der Waals surface area contributed by atoms with Gasteiger partial charge in [0.05, 0.1) is 6.10 Å². The van der Waals surface area contributed by atoms with Crippen LogP contribution < -0.4 is 0 Å². The molecular weight excluding hydrogens is 271 g/mol. The Hall–Kier alpha value is -0.410. The molecule has 0 amide bonds. The standard InChI is InChI=1S/C13H18BrFO/c1-9(2)13(16)5-3-4-10-8-11(15)6-7-12(10)14/h6-9,13,16H,3-5H2,1-2H3. The second-order valence-corrected chi connectivity index (χ2v) is 5.29. The summed E-state index contributed by atoms with van der Waals surface area (Å²) < 4.78 is 13.9. The molecule has 0 bridgehead atoms. The van der Waals surface area contributed by atoms with Gasteiger partial charge in [-0.2, -0.15) is 0 Å². The number of rotatable bonds is 5. The van der Waals surface area contributed by atoms with Crippen molar-refractivity contribution >= 4 is 15.9 Å². The second kappa shape index (κ2) is 6.36. The van der Waals surface area contributed by atoms with E-state index in [1.165, 1.54) is 6.07 Å². The fraction of sp³-hybridized carbons (Fsp3) is 0.538. The van der Waals surface area contributed by atoms with E-state index in [1.54, 1.807) is 12.1 Å². The highest BCUT2D eigenvalue weighted by Crippen LogP contribution is 2.20. The van der Waals surface area contributed by atoms with Gasteiger partial charge in [0.1, 0.15) is 5.82 Å². The van der Waals surface area contributed by atoms with E-state index in [0.29, 0.717) is 0 Å². The van der Waals surface area contributed by atoms with Crippen molar-refractivity contribution < 1.29 is 9.50 Å². The van der Waals surface area contributed by atoms with Crippen molar-refractivity contribution in [1.29, 1.82) is 0 Å². The van der Waals surface area contributed by atoms with Gasteiger partial charge in [0.15, 0.2) is 0 Å². The monoisotopic (exact) mass is 288 g/mol. The van der Waals surface area contributed by atoms with Crippen molar-refractivity contribution in [2.75, 3.05) is 0 Å². The number of halogens is 2. The molecule has 0 aliphatic heterocycles. The van der Waals surface area contributed by atoms with Gasteiger partial charge < -0.3 is 5.11 Å². The van der Waals surface area contributed by atoms with Crippen LogP contribution in [0.3, 0.4) is 0 Å². The Bertz CT molecular complexity index is 339. The molecule has 0 heterocycles. The Balaban J connectivity index is 2.45. The van der Waals surface area contributed by atoms with Crippen molar-refractivity contribution in [3.8, 4) is 0 Å². The van der Waals surface area contributed by atoms with Crippen molar-refractivity contribution in [2.24, 2.45) is 5.92 Å². The maximum absolute atomic E-state index is 13.0. The van der Waals surface area contributed by atoms with Gasteiger partial charge in [0.2, 0.25) is 0 Å². The van der Waals surface area contributed by atoms with Gasteiger partial charge >= 0.3 is 0 Å². The minimum atomic E-state index is -0.257. The Kier molecular flexibility index (Phi) is 5.42. The Labute approximate surface area is 105 Å². The molecule has 0 aromatic heterocycles. The molecule has 3 heteroatoms. The highest BCUT2D eigenvalue weighted by molar-refractivity contribution is 9.10.